The first kappa shape index (κ1) is 52.3. The molecule has 0 spiro atoms. The van der Waals surface area contributed by atoms with Gasteiger partial charge in [-0.15, -0.1) is 0 Å². The molecule has 0 saturated carbocycles. The molecule has 318 valence electrons. The summed E-state index contributed by atoms with van der Waals surface area (Å²) in [5.74, 6) is -0.496. The second-order valence-corrected chi connectivity index (χ2v) is 16.2. The zero-order valence-electron chi connectivity index (χ0n) is 36.1. The lowest BCUT2D eigenvalue weighted by Crippen LogP contribution is -2.46. The van der Waals surface area contributed by atoms with Gasteiger partial charge in [0.05, 0.1) is 25.2 Å². The zero-order valence-corrected chi connectivity index (χ0v) is 36.1. The lowest BCUT2D eigenvalue weighted by atomic mass is 10.0. The molecule has 0 aromatic heterocycles. The first-order valence-electron chi connectivity index (χ1n) is 23.6. The maximum Gasteiger partial charge on any atom is 0.306 e. The van der Waals surface area contributed by atoms with Gasteiger partial charge >= 0.3 is 5.97 Å². The SMILES string of the molecule is CCC/C=C\CCCCCCCC(=O)OC(CCCCC/C=C/CCCCCCCCCCC)CC(=O)NC(CO)C(O)CCCCCCCCCCC. The Kier molecular flexibility index (Phi) is 41.2. The quantitative estimate of drug-likeness (QED) is 0.0327. The highest BCUT2D eigenvalue weighted by molar-refractivity contribution is 5.77. The standard InChI is InChI=1S/C48H91NO5/c1-4-7-10-13-16-19-21-22-23-24-25-26-28-30-33-36-39-44(54-48(53)41-38-35-32-29-20-17-14-11-8-5-2)42-47(52)49-45(43-50)46(51)40-37-34-31-27-18-15-12-9-6-3/h11,14,25-26,44-46,50-51H,4-10,12-13,15-24,27-43H2,1-3H3,(H,49,52)/b14-11-,26-25+. The Morgan fingerprint density at radius 3 is 1.41 bits per heavy atom. The smallest absolute Gasteiger partial charge is 0.306 e. The van der Waals surface area contributed by atoms with Crippen molar-refractivity contribution in [3.8, 4) is 0 Å². The highest BCUT2D eigenvalue weighted by Crippen LogP contribution is 2.17. The molecular weight excluding hydrogens is 671 g/mol. The average molecular weight is 762 g/mol. The fraction of sp³-hybridized carbons (Fsp3) is 0.875. The summed E-state index contributed by atoms with van der Waals surface area (Å²) in [4.78, 5) is 25.9. The number of carbonyl (C=O) groups is 2. The van der Waals surface area contributed by atoms with Crippen LogP contribution in [0.1, 0.15) is 245 Å². The number of carbonyl (C=O) groups excluding carboxylic acids is 2. The minimum absolute atomic E-state index is 0.0666. The lowest BCUT2D eigenvalue weighted by molar-refractivity contribution is -0.151. The van der Waals surface area contributed by atoms with Gasteiger partial charge in [0.15, 0.2) is 0 Å². The molecule has 0 aliphatic heterocycles. The maximum atomic E-state index is 13.1. The van der Waals surface area contributed by atoms with Gasteiger partial charge in [-0.25, -0.2) is 0 Å². The van der Waals surface area contributed by atoms with Gasteiger partial charge in [-0.1, -0.05) is 186 Å². The number of rotatable bonds is 42. The third-order valence-corrected chi connectivity index (χ3v) is 10.7. The number of aliphatic hydroxyl groups excluding tert-OH is 2. The minimum Gasteiger partial charge on any atom is -0.462 e. The summed E-state index contributed by atoms with van der Waals surface area (Å²) in [7, 11) is 0. The summed E-state index contributed by atoms with van der Waals surface area (Å²) >= 11 is 0. The van der Waals surface area contributed by atoms with E-state index in [9.17, 15) is 19.8 Å². The average Bonchev–Trinajstić information content (AvgIpc) is 3.16. The molecule has 0 aromatic carbocycles. The number of aliphatic hydroxyl groups is 2. The Morgan fingerprint density at radius 2 is 0.926 bits per heavy atom. The number of amides is 1. The van der Waals surface area contributed by atoms with Crippen LogP contribution in [0.2, 0.25) is 0 Å². The van der Waals surface area contributed by atoms with Crippen molar-refractivity contribution in [1.29, 1.82) is 0 Å². The van der Waals surface area contributed by atoms with Gasteiger partial charge in [0, 0.05) is 6.42 Å². The molecule has 0 bridgehead atoms. The van der Waals surface area contributed by atoms with E-state index in [1.165, 1.54) is 122 Å². The summed E-state index contributed by atoms with van der Waals surface area (Å²) in [5, 5.41) is 23.6. The first-order valence-corrected chi connectivity index (χ1v) is 23.6. The molecule has 0 heterocycles. The van der Waals surface area contributed by atoms with E-state index in [2.05, 4.69) is 50.4 Å². The number of ether oxygens (including phenoxy) is 1. The summed E-state index contributed by atoms with van der Waals surface area (Å²) in [6.45, 7) is 6.40. The molecule has 3 N–H and O–H groups in total. The number of hydrogen-bond donors (Lipinski definition) is 3. The Labute approximate surface area is 335 Å². The predicted molar refractivity (Wildman–Crippen MR) is 232 cm³/mol. The molecule has 6 nitrogen and oxygen atoms in total. The zero-order chi connectivity index (χ0) is 39.6. The van der Waals surface area contributed by atoms with Crippen molar-refractivity contribution in [3.05, 3.63) is 24.3 Å². The Balaban J connectivity index is 4.59. The van der Waals surface area contributed by atoms with E-state index in [1.54, 1.807) is 0 Å². The lowest BCUT2D eigenvalue weighted by Gasteiger charge is -2.24. The van der Waals surface area contributed by atoms with Crippen molar-refractivity contribution in [1.82, 2.24) is 5.32 Å². The van der Waals surface area contributed by atoms with E-state index in [0.717, 1.165) is 77.0 Å². The van der Waals surface area contributed by atoms with Crippen LogP contribution < -0.4 is 5.32 Å². The Hall–Kier alpha value is -1.66. The van der Waals surface area contributed by atoms with Gasteiger partial charge < -0.3 is 20.3 Å². The van der Waals surface area contributed by atoms with Gasteiger partial charge in [-0.3, -0.25) is 9.59 Å². The molecule has 0 saturated heterocycles. The molecule has 1 amide bonds. The largest absolute Gasteiger partial charge is 0.462 e. The van der Waals surface area contributed by atoms with Crippen molar-refractivity contribution < 1.29 is 24.5 Å². The van der Waals surface area contributed by atoms with Gasteiger partial charge in [0.25, 0.3) is 0 Å². The van der Waals surface area contributed by atoms with Crippen molar-refractivity contribution in [2.75, 3.05) is 6.61 Å². The molecule has 0 aliphatic carbocycles. The van der Waals surface area contributed by atoms with Crippen molar-refractivity contribution in [3.63, 3.8) is 0 Å². The van der Waals surface area contributed by atoms with Gasteiger partial charge in [0.1, 0.15) is 6.10 Å². The minimum atomic E-state index is -0.787. The molecule has 54 heavy (non-hydrogen) atoms. The first-order chi connectivity index (χ1) is 26.5. The van der Waals surface area contributed by atoms with Crippen LogP contribution in [0.5, 0.6) is 0 Å². The Bertz CT molecular complexity index is 858. The molecule has 0 fully saturated rings. The van der Waals surface area contributed by atoms with E-state index in [1.807, 2.05) is 0 Å². The predicted octanol–water partition coefficient (Wildman–Crippen LogP) is 13.6. The van der Waals surface area contributed by atoms with Gasteiger partial charge in [-0.2, -0.15) is 0 Å². The van der Waals surface area contributed by atoms with Gasteiger partial charge in [-0.05, 0) is 70.6 Å². The number of hydrogen-bond acceptors (Lipinski definition) is 5. The number of allylic oxidation sites excluding steroid dienone is 4. The monoisotopic (exact) mass is 762 g/mol. The van der Waals surface area contributed by atoms with Gasteiger partial charge in [0.2, 0.25) is 5.91 Å². The topological polar surface area (TPSA) is 95.9 Å². The van der Waals surface area contributed by atoms with Crippen LogP contribution in [0.4, 0.5) is 0 Å². The van der Waals surface area contributed by atoms with E-state index in [4.69, 9.17) is 4.74 Å². The van der Waals surface area contributed by atoms with E-state index >= 15 is 0 Å². The van der Waals surface area contributed by atoms with E-state index < -0.39 is 18.2 Å². The maximum absolute atomic E-state index is 13.1. The third kappa shape index (κ3) is 37.3. The molecule has 3 unspecified atom stereocenters. The number of nitrogens with one attached hydrogen (secondary N) is 1. The number of esters is 1. The van der Waals surface area contributed by atoms with E-state index in [-0.39, 0.29) is 24.9 Å². The number of unbranched alkanes of at least 4 members (excludes halogenated alkanes) is 26. The summed E-state index contributed by atoms with van der Waals surface area (Å²) < 4.78 is 5.89. The molecule has 3 atom stereocenters. The molecule has 0 aliphatic rings. The van der Waals surface area contributed by atoms with Crippen LogP contribution in [-0.2, 0) is 14.3 Å². The second kappa shape index (κ2) is 42.5. The fourth-order valence-corrected chi connectivity index (χ4v) is 7.13. The van der Waals surface area contributed by atoms with Crippen LogP contribution in [0.15, 0.2) is 24.3 Å². The van der Waals surface area contributed by atoms with Crippen molar-refractivity contribution in [2.24, 2.45) is 0 Å². The molecular formula is C48H91NO5. The second-order valence-electron chi connectivity index (χ2n) is 16.2. The van der Waals surface area contributed by atoms with Crippen LogP contribution in [-0.4, -0.2) is 46.9 Å². The van der Waals surface area contributed by atoms with Crippen LogP contribution in [0, 0.1) is 0 Å². The highest BCUT2D eigenvalue weighted by Gasteiger charge is 2.24. The normalized spacial score (nSPS) is 13.5. The molecule has 0 aromatic rings. The summed E-state index contributed by atoms with van der Waals surface area (Å²) in [6, 6.07) is -0.702. The molecule has 0 radical (unpaired) electrons. The highest BCUT2D eigenvalue weighted by atomic mass is 16.5. The molecule has 0 rings (SSSR count). The third-order valence-electron chi connectivity index (χ3n) is 10.7. The van der Waals surface area contributed by atoms with Crippen LogP contribution in [0.3, 0.4) is 0 Å². The van der Waals surface area contributed by atoms with Crippen LogP contribution in [0.25, 0.3) is 0 Å². The Morgan fingerprint density at radius 1 is 0.519 bits per heavy atom. The van der Waals surface area contributed by atoms with Crippen LogP contribution >= 0.6 is 0 Å². The molecule has 6 heteroatoms. The van der Waals surface area contributed by atoms with Crippen molar-refractivity contribution >= 4 is 11.9 Å². The fourth-order valence-electron chi connectivity index (χ4n) is 7.13. The van der Waals surface area contributed by atoms with Crippen molar-refractivity contribution in [2.45, 2.75) is 264 Å². The summed E-state index contributed by atoms with van der Waals surface area (Å²) in [5.41, 5.74) is 0. The summed E-state index contributed by atoms with van der Waals surface area (Å²) in [6.07, 6.45) is 46.7. The van der Waals surface area contributed by atoms with E-state index in [0.29, 0.717) is 19.3 Å².